The summed E-state index contributed by atoms with van der Waals surface area (Å²) in [4.78, 5) is 19.0. The molecule has 2 heterocycles. The number of likely N-dealkylation sites (tertiary alicyclic amines) is 1. The van der Waals surface area contributed by atoms with Gasteiger partial charge in [-0.25, -0.2) is 0 Å². The minimum absolute atomic E-state index is 0.0596. The summed E-state index contributed by atoms with van der Waals surface area (Å²) < 4.78 is 16.2. The van der Waals surface area contributed by atoms with Crippen molar-refractivity contribution in [2.45, 2.75) is 32.7 Å². The van der Waals surface area contributed by atoms with Gasteiger partial charge in [-0.1, -0.05) is 22.9 Å². The molecule has 0 bridgehead atoms. The van der Waals surface area contributed by atoms with Crippen LogP contribution in [0.1, 0.15) is 34.9 Å². The van der Waals surface area contributed by atoms with Gasteiger partial charge in [0.2, 0.25) is 17.6 Å². The monoisotopic (exact) mass is 407 g/mol. The number of methoxy groups -OCH3 is 2. The zero-order valence-corrected chi connectivity index (χ0v) is 17.6. The maximum absolute atomic E-state index is 12.6. The van der Waals surface area contributed by atoms with Crippen LogP contribution in [-0.2, 0) is 11.3 Å². The molecule has 30 heavy (non-hydrogen) atoms. The Bertz CT molecular complexity index is 1080. The van der Waals surface area contributed by atoms with E-state index in [0.29, 0.717) is 42.7 Å². The number of hydrogen-bond donors (Lipinski definition) is 0. The number of carbonyl (C=O) groups is 1. The molecule has 1 saturated heterocycles. The highest BCUT2D eigenvalue weighted by molar-refractivity contribution is 5.79. The number of hydrogen-bond acceptors (Lipinski definition) is 6. The lowest BCUT2D eigenvalue weighted by atomic mass is 10.1. The third kappa shape index (κ3) is 3.87. The molecule has 1 aliphatic rings. The van der Waals surface area contributed by atoms with Crippen LogP contribution in [0.2, 0.25) is 0 Å². The van der Waals surface area contributed by atoms with Gasteiger partial charge < -0.3 is 18.9 Å². The Morgan fingerprint density at radius 1 is 1.13 bits per heavy atom. The van der Waals surface area contributed by atoms with Crippen LogP contribution in [0.15, 0.2) is 40.9 Å². The standard InChI is InChI=1S/C23H25N3O4/c1-14-5-6-15(2)19(9-14)22-24-23(30-25-22)17-10-21(27)26(13-17)12-16-7-8-18(28-3)11-20(16)29-4/h5-9,11,17H,10,12-13H2,1-4H3. The van der Waals surface area contributed by atoms with E-state index in [9.17, 15) is 4.79 Å². The minimum Gasteiger partial charge on any atom is -0.497 e. The number of rotatable bonds is 6. The summed E-state index contributed by atoms with van der Waals surface area (Å²) in [6, 6.07) is 11.8. The molecule has 2 aromatic carbocycles. The lowest BCUT2D eigenvalue weighted by Crippen LogP contribution is -2.24. The normalized spacial score (nSPS) is 16.2. The van der Waals surface area contributed by atoms with Crippen molar-refractivity contribution in [1.82, 2.24) is 15.0 Å². The van der Waals surface area contributed by atoms with E-state index < -0.39 is 0 Å². The summed E-state index contributed by atoms with van der Waals surface area (Å²) in [7, 11) is 3.22. The Labute approximate surface area is 175 Å². The first-order chi connectivity index (χ1) is 14.5. The van der Waals surface area contributed by atoms with Crippen LogP contribution in [-0.4, -0.2) is 41.7 Å². The van der Waals surface area contributed by atoms with Crippen LogP contribution in [0.5, 0.6) is 11.5 Å². The number of aromatic nitrogens is 2. The van der Waals surface area contributed by atoms with Gasteiger partial charge >= 0.3 is 0 Å². The van der Waals surface area contributed by atoms with E-state index in [1.54, 1.807) is 19.1 Å². The average Bonchev–Trinajstić information content (AvgIpc) is 3.37. The largest absolute Gasteiger partial charge is 0.497 e. The number of carbonyl (C=O) groups excluding carboxylic acids is 1. The molecule has 4 rings (SSSR count). The van der Waals surface area contributed by atoms with Gasteiger partial charge in [0.1, 0.15) is 11.5 Å². The molecular weight excluding hydrogens is 382 g/mol. The predicted octanol–water partition coefficient (Wildman–Crippen LogP) is 3.89. The van der Waals surface area contributed by atoms with E-state index in [1.165, 1.54) is 0 Å². The molecule has 0 radical (unpaired) electrons. The third-order valence-electron chi connectivity index (χ3n) is 5.49. The second-order valence-corrected chi connectivity index (χ2v) is 7.63. The minimum atomic E-state index is -0.117. The fraction of sp³-hybridized carbons (Fsp3) is 0.348. The molecule has 156 valence electrons. The highest BCUT2D eigenvalue weighted by Crippen LogP contribution is 2.32. The molecule has 0 aliphatic carbocycles. The van der Waals surface area contributed by atoms with Gasteiger partial charge in [-0.2, -0.15) is 4.98 Å². The molecule has 7 heteroatoms. The lowest BCUT2D eigenvalue weighted by molar-refractivity contribution is -0.128. The molecule has 3 aromatic rings. The number of amides is 1. The predicted molar refractivity (Wildman–Crippen MR) is 112 cm³/mol. The molecule has 1 atom stereocenters. The van der Waals surface area contributed by atoms with Gasteiger partial charge in [0.25, 0.3) is 0 Å². The Morgan fingerprint density at radius 3 is 2.73 bits per heavy atom. The van der Waals surface area contributed by atoms with Crippen LogP contribution < -0.4 is 9.47 Å². The number of benzene rings is 2. The van der Waals surface area contributed by atoms with E-state index >= 15 is 0 Å². The van der Waals surface area contributed by atoms with Crippen LogP contribution in [0.4, 0.5) is 0 Å². The lowest BCUT2D eigenvalue weighted by Gasteiger charge is -2.18. The van der Waals surface area contributed by atoms with E-state index in [0.717, 1.165) is 22.3 Å². The van der Waals surface area contributed by atoms with Crippen LogP contribution >= 0.6 is 0 Å². The van der Waals surface area contributed by atoms with Crippen molar-refractivity contribution in [2.75, 3.05) is 20.8 Å². The van der Waals surface area contributed by atoms with Gasteiger partial charge in [-0.15, -0.1) is 0 Å². The van der Waals surface area contributed by atoms with Gasteiger partial charge in [0, 0.05) is 36.7 Å². The number of nitrogens with zero attached hydrogens (tertiary/aromatic N) is 3. The Morgan fingerprint density at radius 2 is 1.97 bits per heavy atom. The third-order valence-corrected chi connectivity index (χ3v) is 5.49. The second kappa shape index (κ2) is 8.18. The van der Waals surface area contributed by atoms with E-state index in [2.05, 4.69) is 16.2 Å². The number of aryl methyl sites for hydroxylation is 2. The van der Waals surface area contributed by atoms with Gasteiger partial charge in [0.15, 0.2) is 0 Å². The molecular formula is C23H25N3O4. The van der Waals surface area contributed by atoms with Crippen molar-refractivity contribution in [1.29, 1.82) is 0 Å². The fourth-order valence-electron chi connectivity index (χ4n) is 3.77. The van der Waals surface area contributed by atoms with Crippen LogP contribution in [0, 0.1) is 13.8 Å². The van der Waals surface area contributed by atoms with Gasteiger partial charge in [0.05, 0.1) is 20.1 Å². The quantitative estimate of drug-likeness (QED) is 0.617. The smallest absolute Gasteiger partial charge is 0.232 e. The zero-order chi connectivity index (χ0) is 21.3. The molecule has 7 nitrogen and oxygen atoms in total. The van der Waals surface area contributed by atoms with E-state index in [-0.39, 0.29) is 11.8 Å². The SMILES string of the molecule is COc1ccc(CN2CC(c3nc(-c4cc(C)ccc4C)no3)CC2=O)c(OC)c1. The van der Waals surface area contributed by atoms with Crippen molar-refractivity contribution in [3.05, 3.63) is 59.0 Å². The molecule has 1 fully saturated rings. The van der Waals surface area contributed by atoms with Crippen molar-refractivity contribution in [3.8, 4) is 22.9 Å². The first-order valence-corrected chi connectivity index (χ1v) is 9.88. The average molecular weight is 407 g/mol. The molecule has 0 spiro atoms. The van der Waals surface area contributed by atoms with E-state index in [1.807, 2.05) is 44.2 Å². The van der Waals surface area contributed by atoms with Crippen molar-refractivity contribution < 1.29 is 18.8 Å². The molecule has 0 saturated carbocycles. The summed E-state index contributed by atoms with van der Waals surface area (Å²) in [5.74, 6) is 2.42. The Kier molecular flexibility index (Phi) is 5.44. The molecule has 1 unspecified atom stereocenters. The van der Waals surface area contributed by atoms with Crippen molar-refractivity contribution >= 4 is 5.91 Å². The number of ether oxygens (including phenoxy) is 2. The van der Waals surface area contributed by atoms with Crippen molar-refractivity contribution in [3.63, 3.8) is 0 Å². The molecule has 1 amide bonds. The van der Waals surface area contributed by atoms with Crippen LogP contribution in [0.3, 0.4) is 0 Å². The topological polar surface area (TPSA) is 77.7 Å². The van der Waals surface area contributed by atoms with Crippen molar-refractivity contribution in [2.24, 2.45) is 0 Å². The summed E-state index contributed by atoms with van der Waals surface area (Å²) >= 11 is 0. The fourth-order valence-corrected chi connectivity index (χ4v) is 3.77. The summed E-state index contributed by atoms with van der Waals surface area (Å²) in [6.07, 6.45) is 0.354. The van der Waals surface area contributed by atoms with Gasteiger partial charge in [-0.3, -0.25) is 4.79 Å². The Balaban J connectivity index is 1.51. The maximum atomic E-state index is 12.6. The second-order valence-electron chi connectivity index (χ2n) is 7.63. The molecule has 1 aromatic heterocycles. The first-order valence-electron chi connectivity index (χ1n) is 9.88. The summed E-state index contributed by atoms with van der Waals surface area (Å²) in [6.45, 7) is 5.04. The van der Waals surface area contributed by atoms with Crippen LogP contribution in [0.25, 0.3) is 11.4 Å². The summed E-state index contributed by atoms with van der Waals surface area (Å²) in [5.41, 5.74) is 4.10. The zero-order valence-electron chi connectivity index (χ0n) is 17.6. The van der Waals surface area contributed by atoms with Gasteiger partial charge in [-0.05, 0) is 37.6 Å². The first kappa shape index (κ1) is 19.9. The Hall–Kier alpha value is -3.35. The maximum Gasteiger partial charge on any atom is 0.232 e. The molecule has 1 aliphatic heterocycles. The highest BCUT2D eigenvalue weighted by Gasteiger charge is 2.34. The molecule has 0 N–H and O–H groups in total. The highest BCUT2D eigenvalue weighted by atomic mass is 16.5. The summed E-state index contributed by atoms with van der Waals surface area (Å²) in [5, 5.41) is 4.16. The van der Waals surface area contributed by atoms with E-state index in [4.69, 9.17) is 14.0 Å².